The first kappa shape index (κ1) is 14.0. The number of nitrogens with one attached hydrogen (secondary N) is 1. The Hall–Kier alpha value is -1.40. The van der Waals surface area contributed by atoms with Crippen LogP contribution < -0.4 is 5.32 Å². The molecule has 6 heteroatoms. The summed E-state index contributed by atoms with van der Waals surface area (Å²) in [5.74, 6) is -0.248. The zero-order valence-electron chi connectivity index (χ0n) is 10.4. The summed E-state index contributed by atoms with van der Waals surface area (Å²) in [6, 6.07) is 7.82. The number of ether oxygens (including phenoxy) is 1. The van der Waals surface area contributed by atoms with Crippen LogP contribution in [0.4, 0.5) is 10.8 Å². The molecule has 2 aromatic rings. The summed E-state index contributed by atoms with van der Waals surface area (Å²) in [7, 11) is 0. The maximum atomic E-state index is 11.3. The molecule has 0 aliphatic heterocycles. The zero-order valence-corrected chi connectivity index (χ0v) is 12.8. The van der Waals surface area contributed by atoms with Gasteiger partial charge in [0.15, 0.2) is 5.13 Å². The molecule has 1 N–H and O–H groups in total. The van der Waals surface area contributed by atoms with E-state index in [1.165, 1.54) is 11.3 Å². The highest BCUT2D eigenvalue weighted by atomic mass is 79.9. The third-order valence-corrected chi connectivity index (χ3v) is 3.56. The summed E-state index contributed by atoms with van der Waals surface area (Å²) in [5.41, 5.74) is 1.67. The van der Waals surface area contributed by atoms with Crippen LogP contribution in [-0.4, -0.2) is 17.6 Å². The van der Waals surface area contributed by atoms with Crippen LogP contribution in [0.1, 0.15) is 12.6 Å². The summed E-state index contributed by atoms with van der Waals surface area (Å²) in [4.78, 5) is 15.7. The molecule has 0 aliphatic rings. The van der Waals surface area contributed by atoms with Gasteiger partial charge >= 0.3 is 5.97 Å². The van der Waals surface area contributed by atoms with Crippen LogP contribution in [0, 0.1) is 0 Å². The van der Waals surface area contributed by atoms with Crippen molar-refractivity contribution in [2.45, 2.75) is 13.3 Å². The van der Waals surface area contributed by atoms with Crippen molar-refractivity contribution in [3.63, 3.8) is 0 Å². The summed E-state index contributed by atoms with van der Waals surface area (Å²) >= 11 is 4.88. The Labute approximate surface area is 124 Å². The average molecular weight is 341 g/mol. The van der Waals surface area contributed by atoms with Crippen molar-refractivity contribution in [1.29, 1.82) is 0 Å². The normalized spacial score (nSPS) is 10.2. The van der Waals surface area contributed by atoms with Gasteiger partial charge in [-0.2, -0.15) is 0 Å². The van der Waals surface area contributed by atoms with Gasteiger partial charge in [0.2, 0.25) is 0 Å². The summed E-state index contributed by atoms with van der Waals surface area (Å²) in [5, 5.41) is 5.82. The lowest BCUT2D eigenvalue weighted by molar-refractivity contribution is -0.142. The number of aromatic nitrogens is 1. The van der Waals surface area contributed by atoms with Crippen LogP contribution >= 0.6 is 27.3 Å². The maximum absolute atomic E-state index is 11.3. The van der Waals surface area contributed by atoms with Gasteiger partial charge in [0, 0.05) is 15.5 Å². The Morgan fingerprint density at radius 1 is 1.53 bits per heavy atom. The van der Waals surface area contributed by atoms with Gasteiger partial charge < -0.3 is 10.1 Å². The van der Waals surface area contributed by atoms with Crippen molar-refractivity contribution in [3.05, 3.63) is 39.8 Å². The summed E-state index contributed by atoms with van der Waals surface area (Å²) in [6.45, 7) is 2.19. The predicted octanol–water partition coefficient (Wildman–Crippen LogP) is 3.75. The second-order valence-corrected chi connectivity index (χ2v) is 5.53. The molecule has 1 heterocycles. The fourth-order valence-electron chi connectivity index (χ4n) is 1.50. The second kappa shape index (κ2) is 6.68. The Kier molecular flexibility index (Phi) is 4.93. The van der Waals surface area contributed by atoms with E-state index >= 15 is 0 Å². The van der Waals surface area contributed by atoms with Gasteiger partial charge in [-0.3, -0.25) is 4.79 Å². The van der Waals surface area contributed by atoms with E-state index in [-0.39, 0.29) is 12.4 Å². The second-order valence-electron chi connectivity index (χ2n) is 3.76. The Morgan fingerprint density at radius 3 is 3.11 bits per heavy atom. The standard InChI is InChI=1S/C13H13BrN2O2S/c1-2-18-12(17)7-11-8-19-13(16-11)15-10-5-3-4-9(14)6-10/h3-6,8H,2,7H2,1H3,(H,15,16). The SMILES string of the molecule is CCOC(=O)Cc1csc(Nc2cccc(Br)c2)n1. The van der Waals surface area contributed by atoms with Crippen LogP contribution in [-0.2, 0) is 16.0 Å². The number of carbonyl (C=O) groups is 1. The van der Waals surface area contributed by atoms with Gasteiger partial charge in [0.25, 0.3) is 0 Å². The molecule has 0 saturated heterocycles. The van der Waals surface area contributed by atoms with Gasteiger partial charge in [-0.05, 0) is 25.1 Å². The molecule has 0 bridgehead atoms. The fourth-order valence-corrected chi connectivity index (χ4v) is 2.62. The van der Waals surface area contributed by atoms with Crippen molar-refractivity contribution in [1.82, 2.24) is 4.98 Å². The molecule has 19 heavy (non-hydrogen) atoms. The molecule has 100 valence electrons. The largest absolute Gasteiger partial charge is 0.466 e. The number of carbonyl (C=O) groups excluding carboxylic acids is 1. The summed E-state index contributed by atoms with van der Waals surface area (Å²) < 4.78 is 5.89. The first-order valence-corrected chi connectivity index (χ1v) is 7.47. The van der Waals surface area contributed by atoms with Crippen LogP contribution in [0.25, 0.3) is 0 Å². The first-order valence-electron chi connectivity index (χ1n) is 5.80. The molecule has 0 aliphatic carbocycles. The van der Waals surface area contributed by atoms with Crippen molar-refractivity contribution in [2.75, 3.05) is 11.9 Å². The smallest absolute Gasteiger partial charge is 0.311 e. The number of anilines is 2. The third kappa shape index (κ3) is 4.33. The minimum absolute atomic E-state index is 0.213. The Morgan fingerprint density at radius 2 is 2.37 bits per heavy atom. The molecule has 1 aromatic heterocycles. The van der Waals surface area contributed by atoms with E-state index < -0.39 is 0 Å². The fraction of sp³-hybridized carbons (Fsp3) is 0.231. The van der Waals surface area contributed by atoms with Gasteiger partial charge in [-0.25, -0.2) is 4.98 Å². The van der Waals surface area contributed by atoms with E-state index in [1.807, 2.05) is 29.6 Å². The number of hydrogen-bond donors (Lipinski definition) is 1. The topological polar surface area (TPSA) is 51.2 Å². The lowest BCUT2D eigenvalue weighted by Gasteiger charge is -2.02. The molecule has 0 amide bonds. The van der Waals surface area contributed by atoms with E-state index in [4.69, 9.17) is 4.74 Å². The highest BCUT2D eigenvalue weighted by Crippen LogP contribution is 2.23. The van der Waals surface area contributed by atoms with E-state index in [9.17, 15) is 4.79 Å². The van der Waals surface area contributed by atoms with Gasteiger partial charge in [0.05, 0.1) is 18.7 Å². The number of thiazole rings is 1. The molecule has 0 unspecified atom stereocenters. The van der Waals surface area contributed by atoms with E-state index in [2.05, 4.69) is 26.2 Å². The highest BCUT2D eigenvalue weighted by Gasteiger charge is 2.08. The van der Waals surface area contributed by atoms with Crippen LogP contribution in [0.15, 0.2) is 34.1 Å². The van der Waals surface area contributed by atoms with Crippen LogP contribution in [0.5, 0.6) is 0 Å². The van der Waals surface area contributed by atoms with Crippen LogP contribution in [0.3, 0.4) is 0 Å². The van der Waals surface area contributed by atoms with Crippen molar-refractivity contribution >= 4 is 44.1 Å². The number of esters is 1. The molecule has 0 spiro atoms. The number of hydrogen-bond acceptors (Lipinski definition) is 5. The minimum atomic E-state index is -0.248. The average Bonchev–Trinajstić information content (AvgIpc) is 2.76. The van der Waals surface area contributed by atoms with Crippen molar-refractivity contribution < 1.29 is 9.53 Å². The zero-order chi connectivity index (χ0) is 13.7. The molecule has 0 radical (unpaired) electrons. The first-order chi connectivity index (χ1) is 9.17. The predicted molar refractivity (Wildman–Crippen MR) is 79.9 cm³/mol. The third-order valence-electron chi connectivity index (χ3n) is 2.26. The highest BCUT2D eigenvalue weighted by molar-refractivity contribution is 9.10. The van der Waals surface area contributed by atoms with E-state index in [0.717, 1.165) is 21.0 Å². The number of halogens is 1. The summed E-state index contributed by atoms with van der Waals surface area (Å²) in [6.07, 6.45) is 0.213. The van der Waals surface area contributed by atoms with Gasteiger partial charge in [-0.1, -0.05) is 22.0 Å². The van der Waals surface area contributed by atoms with Crippen molar-refractivity contribution in [3.8, 4) is 0 Å². The molecule has 0 fully saturated rings. The molecular weight excluding hydrogens is 328 g/mol. The number of nitrogens with zero attached hydrogens (tertiary/aromatic N) is 1. The number of rotatable bonds is 5. The molecule has 2 rings (SSSR count). The Bertz CT molecular complexity index is 571. The molecular formula is C13H13BrN2O2S. The quantitative estimate of drug-likeness (QED) is 0.842. The number of benzene rings is 1. The molecule has 4 nitrogen and oxygen atoms in total. The lowest BCUT2D eigenvalue weighted by Crippen LogP contribution is -2.07. The minimum Gasteiger partial charge on any atom is -0.466 e. The van der Waals surface area contributed by atoms with Crippen LogP contribution in [0.2, 0.25) is 0 Å². The van der Waals surface area contributed by atoms with Gasteiger partial charge in [-0.15, -0.1) is 11.3 Å². The Balaban J connectivity index is 1.99. The molecule has 0 atom stereocenters. The van der Waals surface area contributed by atoms with Crippen molar-refractivity contribution in [2.24, 2.45) is 0 Å². The monoisotopic (exact) mass is 340 g/mol. The lowest BCUT2D eigenvalue weighted by atomic mass is 10.3. The van der Waals surface area contributed by atoms with E-state index in [1.54, 1.807) is 6.92 Å². The molecule has 1 aromatic carbocycles. The molecule has 0 saturated carbocycles. The maximum Gasteiger partial charge on any atom is 0.311 e. The van der Waals surface area contributed by atoms with Gasteiger partial charge in [0.1, 0.15) is 0 Å². The van der Waals surface area contributed by atoms with E-state index in [0.29, 0.717) is 6.61 Å².